The third kappa shape index (κ3) is 29.0. The van der Waals surface area contributed by atoms with Crippen LogP contribution in [0.15, 0.2) is 0 Å². The van der Waals surface area contributed by atoms with E-state index in [2.05, 4.69) is 4.18 Å². The second kappa shape index (κ2) is 19.8. The van der Waals surface area contributed by atoms with E-state index >= 15 is 0 Å². The molecule has 0 radical (unpaired) electrons. The molecule has 0 saturated carbocycles. The SMILES string of the molecule is CC(C)OC(=O)CCCCCCO.CC(C)OC(=O)CCCCCCOS(C)(=O)=O. The molecular weight excluding hydrogens is 412 g/mol. The first-order chi connectivity index (χ1) is 14.0. The number of unbranched alkanes of at least 4 members (excludes halogenated alkanes) is 6. The summed E-state index contributed by atoms with van der Waals surface area (Å²) in [6, 6.07) is 0. The van der Waals surface area contributed by atoms with E-state index in [1.54, 1.807) is 0 Å². The van der Waals surface area contributed by atoms with Gasteiger partial charge >= 0.3 is 11.9 Å². The van der Waals surface area contributed by atoms with Crippen molar-refractivity contribution in [2.24, 2.45) is 0 Å². The number of rotatable bonds is 16. The van der Waals surface area contributed by atoms with Crippen molar-refractivity contribution in [3.05, 3.63) is 0 Å². The van der Waals surface area contributed by atoms with Crippen molar-refractivity contribution in [2.75, 3.05) is 19.5 Å². The molecule has 180 valence electrons. The van der Waals surface area contributed by atoms with Gasteiger partial charge in [-0.1, -0.05) is 25.7 Å². The van der Waals surface area contributed by atoms with Gasteiger partial charge in [-0.2, -0.15) is 8.42 Å². The van der Waals surface area contributed by atoms with E-state index in [0.717, 1.165) is 51.2 Å². The number of ether oxygens (including phenoxy) is 2. The summed E-state index contributed by atoms with van der Waals surface area (Å²) >= 11 is 0. The zero-order chi connectivity index (χ0) is 23.4. The van der Waals surface area contributed by atoms with Crippen LogP contribution in [0.4, 0.5) is 0 Å². The van der Waals surface area contributed by atoms with Gasteiger partial charge in [0.2, 0.25) is 0 Å². The van der Waals surface area contributed by atoms with Crippen LogP contribution in [-0.4, -0.2) is 57.1 Å². The van der Waals surface area contributed by atoms with Crippen molar-refractivity contribution in [3.63, 3.8) is 0 Å². The Morgan fingerprint density at radius 3 is 1.50 bits per heavy atom. The molecular formula is C21H42O8S. The van der Waals surface area contributed by atoms with E-state index in [0.29, 0.717) is 19.3 Å². The summed E-state index contributed by atoms with van der Waals surface area (Å²) < 4.78 is 35.8. The van der Waals surface area contributed by atoms with E-state index in [9.17, 15) is 18.0 Å². The fourth-order valence-corrected chi connectivity index (χ4v) is 2.73. The van der Waals surface area contributed by atoms with Gasteiger partial charge in [-0.15, -0.1) is 0 Å². The topological polar surface area (TPSA) is 116 Å². The lowest BCUT2D eigenvalue weighted by Gasteiger charge is -2.07. The maximum atomic E-state index is 11.1. The van der Waals surface area contributed by atoms with E-state index in [1.807, 2.05) is 27.7 Å². The van der Waals surface area contributed by atoms with E-state index in [1.165, 1.54) is 0 Å². The summed E-state index contributed by atoms with van der Waals surface area (Å²) in [6.07, 6.45) is 8.76. The molecule has 9 heteroatoms. The van der Waals surface area contributed by atoms with Crippen molar-refractivity contribution in [2.45, 2.75) is 104 Å². The van der Waals surface area contributed by atoms with Crippen molar-refractivity contribution in [1.29, 1.82) is 0 Å². The molecule has 0 spiro atoms. The van der Waals surface area contributed by atoms with Crippen molar-refractivity contribution in [3.8, 4) is 0 Å². The van der Waals surface area contributed by atoms with E-state index in [4.69, 9.17) is 14.6 Å². The minimum Gasteiger partial charge on any atom is -0.463 e. The van der Waals surface area contributed by atoms with Crippen LogP contribution in [0.2, 0.25) is 0 Å². The molecule has 0 saturated heterocycles. The summed E-state index contributed by atoms with van der Waals surface area (Å²) in [5, 5.41) is 8.50. The minimum absolute atomic E-state index is 0.00931. The van der Waals surface area contributed by atoms with E-state index in [-0.39, 0.29) is 37.4 Å². The quantitative estimate of drug-likeness (QED) is 0.213. The lowest BCUT2D eigenvalue weighted by atomic mass is 10.1. The molecule has 0 aromatic carbocycles. The molecule has 0 fully saturated rings. The zero-order valence-corrected chi connectivity index (χ0v) is 20.2. The molecule has 0 amide bonds. The average Bonchev–Trinajstić information content (AvgIpc) is 2.59. The summed E-state index contributed by atoms with van der Waals surface area (Å²) in [5.74, 6) is -0.286. The highest BCUT2D eigenvalue weighted by atomic mass is 32.2. The number of hydrogen-bond donors (Lipinski definition) is 1. The Kier molecular flexibility index (Phi) is 20.4. The Labute approximate surface area is 182 Å². The predicted octanol–water partition coefficient (Wildman–Crippen LogP) is 3.75. The molecule has 0 unspecified atom stereocenters. The molecule has 0 aromatic rings. The third-order valence-electron chi connectivity index (χ3n) is 3.60. The van der Waals surface area contributed by atoms with Gasteiger partial charge in [-0.05, 0) is 53.4 Å². The highest BCUT2D eigenvalue weighted by Crippen LogP contribution is 2.06. The average molecular weight is 455 g/mol. The molecule has 30 heavy (non-hydrogen) atoms. The summed E-state index contributed by atoms with van der Waals surface area (Å²) in [4.78, 5) is 22.2. The van der Waals surface area contributed by atoms with Gasteiger partial charge in [0, 0.05) is 19.4 Å². The molecule has 0 aliphatic heterocycles. The number of carbonyl (C=O) groups is 2. The summed E-state index contributed by atoms with van der Waals surface area (Å²) in [5.41, 5.74) is 0. The first-order valence-corrected chi connectivity index (χ1v) is 12.6. The van der Waals surface area contributed by atoms with Crippen LogP contribution in [-0.2, 0) is 33.4 Å². The molecule has 0 heterocycles. The van der Waals surface area contributed by atoms with Crippen LogP contribution in [0.25, 0.3) is 0 Å². The molecule has 0 bridgehead atoms. The zero-order valence-electron chi connectivity index (χ0n) is 19.4. The smallest absolute Gasteiger partial charge is 0.306 e. The van der Waals surface area contributed by atoms with Gasteiger partial charge in [0.15, 0.2) is 0 Å². The maximum Gasteiger partial charge on any atom is 0.306 e. The van der Waals surface area contributed by atoms with Crippen LogP contribution in [0.5, 0.6) is 0 Å². The highest BCUT2D eigenvalue weighted by molar-refractivity contribution is 7.85. The lowest BCUT2D eigenvalue weighted by molar-refractivity contribution is -0.148. The summed E-state index contributed by atoms with van der Waals surface area (Å²) in [7, 11) is -3.32. The van der Waals surface area contributed by atoms with Gasteiger partial charge in [0.05, 0.1) is 25.1 Å². The Hall–Kier alpha value is -1.19. The number of aliphatic hydroxyl groups is 1. The first kappa shape index (κ1) is 31.0. The minimum atomic E-state index is -3.32. The number of carbonyl (C=O) groups excluding carboxylic acids is 2. The molecule has 8 nitrogen and oxygen atoms in total. The second-order valence-electron chi connectivity index (χ2n) is 7.66. The van der Waals surface area contributed by atoms with Crippen molar-refractivity contribution < 1.29 is 36.8 Å². The molecule has 0 aliphatic rings. The molecule has 0 atom stereocenters. The van der Waals surface area contributed by atoms with E-state index < -0.39 is 10.1 Å². The standard InChI is InChI=1S/C11H22O5S.C10H20O3/c1-10(2)16-11(12)8-6-4-5-7-9-15-17(3,13)14;1-9(2)13-10(12)7-5-3-4-6-8-11/h10H,4-9H2,1-3H3;9,11H,3-8H2,1-2H3. The maximum absolute atomic E-state index is 11.1. The molecule has 0 aliphatic carbocycles. The fraction of sp³-hybridized carbons (Fsp3) is 0.905. The van der Waals surface area contributed by atoms with Crippen LogP contribution < -0.4 is 0 Å². The predicted molar refractivity (Wildman–Crippen MR) is 117 cm³/mol. The van der Waals surface area contributed by atoms with Gasteiger partial charge in [0.1, 0.15) is 0 Å². The first-order valence-electron chi connectivity index (χ1n) is 10.8. The largest absolute Gasteiger partial charge is 0.463 e. The Balaban J connectivity index is 0. The number of aliphatic hydroxyl groups excluding tert-OH is 1. The van der Waals surface area contributed by atoms with Crippen LogP contribution in [0.3, 0.4) is 0 Å². The number of hydrogen-bond acceptors (Lipinski definition) is 8. The second-order valence-corrected chi connectivity index (χ2v) is 9.30. The van der Waals surface area contributed by atoms with Crippen LogP contribution >= 0.6 is 0 Å². The van der Waals surface area contributed by atoms with Crippen molar-refractivity contribution >= 4 is 22.1 Å². The fourth-order valence-electron chi connectivity index (χ4n) is 2.31. The lowest BCUT2D eigenvalue weighted by Crippen LogP contribution is -2.10. The summed E-state index contributed by atoms with van der Waals surface area (Å²) in [6.45, 7) is 7.81. The van der Waals surface area contributed by atoms with Gasteiger partial charge in [0.25, 0.3) is 10.1 Å². The van der Waals surface area contributed by atoms with Gasteiger partial charge in [-0.3, -0.25) is 13.8 Å². The van der Waals surface area contributed by atoms with Crippen LogP contribution in [0.1, 0.15) is 91.9 Å². The highest BCUT2D eigenvalue weighted by Gasteiger charge is 2.05. The number of esters is 2. The Bertz CT molecular complexity index is 529. The Morgan fingerprint density at radius 1 is 0.733 bits per heavy atom. The van der Waals surface area contributed by atoms with Gasteiger partial charge < -0.3 is 14.6 Å². The third-order valence-corrected chi connectivity index (χ3v) is 4.19. The monoisotopic (exact) mass is 454 g/mol. The Morgan fingerprint density at radius 2 is 1.13 bits per heavy atom. The molecule has 1 N–H and O–H groups in total. The normalized spacial score (nSPS) is 11.2. The molecule has 0 aromatic heterocycles. The van der Waals surface area contributed by atoms with Gasteiger partial charge in [-0.25, -0.2) is 0 Å². The van der Waals surface area contributed by atoms with Crippen molar-refractivity contribution in [1.82, 2.24) is 0 Å². The molecule has 0 rings (SSSR count). The van der Waals surface area contributed by atoms with Crippen LogP contribution in [0, 0.1) is 0 Å².